The molecule has 3 rings (SSSR count). The van der Waals surface area contributed by atoms with Crippen LogP contribution < -0.4 is 4.90 Å². The van der Waals surface area contributed by atoms with Gasteiger partial charge in [-0.25, -0.2) is 4.98 Å². The van der Waals surface area contributed by atoms with Crippen LogP contribution in [0.25, 0.3) is 0 Å². The number of hydrogen-bond donors (Lipinski definition) is 0. The predicted octanol–water partition coefficient (Wildman–Crippen LogP) is 2.80. The first-order valence-corrected chi connectivity index (χ1v) is 8.29. The van der Waals surface area contributed by atoms with Gasteiger partial charge >= 0.3 is 0 Å². The molecule has 3 heterocycles. The molecule has 2 aliphatic heterocycles. The number of aromatic nitrogens is 1. The second kappa shape index (κ2) is 6.60. The Morgan fingerprint density at radius 3 is 2.55 bits per heavy atom. The molecule has 1 aromatic heterocycles. The first-order valence-electron chi connectivity index (χ1n) is 7.12. The van der Waals surface area contributed by atoms with E-state index in [1.807, 2.05) is 6.07 Å². The van der Waals surface area contributed by atoms with Gasteiger partial charge in [0, 0.05) is 51.6 Å². The fraction of sp³-hybridized carbons (Fsp3) is 0.643. The zero-order valence-electron chi connectivity index (χ0n) is 11.4. The molecule has 20 heavy (non-hydrogen) atoms. The average Bonchev–Trinajstić information content (AvgIpc) is 2.48. The molecule has 0 saturated carbocycles. The van der Waals surface area contributed by atoms with Crippen LogP contribution in [-0.2, 0) is 4.74 Å². The fourth-order valence-corrected chi connectivity index (χ4v) is 3.88. The standard InChI is InChI=1S/C14H19BrClN3O/c15-13-9-11(16)10-17-14(13)19-5-3-18(4-6-19)12-1-7-20-8-2-12/h9-10,12H,1-8H2. The van der Waals surface area contributed by atoms with E-state index in [1.165, 1.54) is 12.8 Å². The minimum Gasteiger partial charge on any atom is -0.381 e. The summed E-state index contributed by atoms with van der Waals surface area (Å²) < 4.78 is 6.42. The predicted molar refractivity (Wildman–Crippen MR) is 84.6 cm³/mol. The molecule has 110 valence electrons. The summed E-state index contributed by atoms with van der Waals surface area (Å²) in [6.07, 6.45) is 4.05. The van der Waals surface area contributed by atoms with Crippen molar-refractivity contribution in [2.24, 2.45) is 0 Å². The van der Waals surface area contributed by atoms with Gasteiger partial charge in [0.15, 0.2) is 0 Å². The molecule has 0 bridgehead atoms. The van der Waals surface area contributed by atoms with Gasteiger partial charge in [-0.3, -0.25) is 4.90 Å². The van der Waals surface area contributed by atoms with E-state index in [2.05, 4.69) is 30.7 Å². The van der Waals surface area contributed by atoms with Gasteiger partial charge in [-0.15, -0.1) is 0 Å². The summed E-state index contributed by atoms with van der Waals surface area (Å²) >= 11 is 9.51. The minimum absolute atomic E-state index is 0.668. The Bertz CT molecular complexity index is 460. The Labute approximate surface area is 133 Å². The van der Waals surface area contributed by atoms with E-state index in [9.17, 15) is 0 Å². The fourth-order valence-electron chi connectivity index (χ4n) is 2.99. The highest BCUT2D eigenvalue weighted by Crippen LogP contribution is 2.28. The molecule has 2 aliphatic rings. The molecule has 0 N–H and O–H groups in total. The molecule has 6 heteroatoms. The van der Waals surface area contributed by atoms with Crippen molar-refractivity contribution in [1.82, 2.24) is 9.88 Å². The van der Waals surface area contributed by atoms with Crippen LogP contribution in [0.3, 0.4) is 0 Å². The van der Waals surface area contributed by atoms with Crippen LogP contribution in [0, 0.1) is 0 Å². The molecule has 4 nitrogen and oxygen atoms in total. The van der Waals surface area contributed by atoms with Crippen LogP contribution in [0.15, 0.2) is 16.7 Å². The molecule has 2 saturated heterocycles. The van der Waals surface area contributed by atoms with Gasteiger partial charge in [-0.05, 0) is 34.8 Å². The molecular weight excluding hydrogens is 342 g/mol. The zero-order chi connectivity index (χ0) is 13.9. The zero-order valence-corrected chi connectivity index (χ0v) is 13.7. The summed E-state index contributed by atoms with van der Waals surface area (Å²) in [4.78, 5) is 9.38. The summed E-state index contributed by atoms with van der Waals surface area (Å²) in [6, 6.07) is 2.61. The number of hydrogen-bond acceptors (Lipinski definition) is 4. The van der Waals surface area contributed by atoms with E-state index < -0.39 is 0 Å². The summed E-state index contributed by atoms with van der Waals surface area (Å²) in [5.74, 6) is 1.00. The first-order chi connectivity index (χ1) is 9.74. The number of piperazine rings is 1. The normalized spacial score (nSPS) is 22.2. The summed E-state index contributed by atoms with van der Waals surface area (Å²) in [5.41, 5.74) is 0. The van der Waals surface area contributed by atoms with Crippen LogP contribution in [0.4, 0.5) is 5.82 Å². The van der Waals surface area contributed by atoms with Gasteiger partial charge in [-0.2, -0.15) is 0 Å². The van der Waals surface area contributed by atoms with Crippen molar-refractivity contribution in [2.45, 2.75) is 18.9 Å². The van der Waals surface area contributed by atoms with Crippen LogP contribution in [-0.4, -0.2) is 55.3 Å². The largest absolute Gasteiger partial charge is 0.381 e. The van der Waals surface area contributed by atoms with E-state index in [0.717, 1.165) is 49.7 Å². The molecule has 0 unspecified atom stereocenters. The van der Waals surface area contributed by atoms with E-state index in [4.69, 9.17) is 16.3 Å². The summed E-state index contributed by atoms with van der Waals surface area (Å²) in [6.45, 7) is 6.06. The van der Waals surface area contributed by atoms with E-state index >= 15 is 0 Å². The Morgan fingerprint density at radius 2 is 1.90 bits per heavy atom. The number of ether oxygens (including phenoxy) is 1. The third-order valence-corrected chi connectivity index (χ3v) is 4.90. The Morgan fingerprint density at radius 1 is 1.20 bits per heavy atom. The van der Waals surface area contributed by atoms with Crippen LogP contribution in [0.1, 0.15) is 12.8 Å². The second-order valence-electron chi connectivity index (χ2n) is 5.33. The molecule has 0 radical (unpaired) electrons. The maximum absolute atomic E-state index is 5.95. The van der Waals surface area contributed by atoms with Crippen molar-refractivity contribution < 1.29 is 4.74 Å². The highest BCUT2D eigenvalue weighted by atomic mass is 79.9. The Hall–Kier alpha value is -0.360. The number of pyridine rings is 1. The van der Waals surface area contributed by atoms with Crippen molar-refractivity contribution in [1.29, 1.82) is 0 Å². The third kappa shape index (κ3) is 3.27. The molecule has 0 aliphatic carbocycles. The van der Waals surface area contributed by atoms with Gasteiger partial charge in [0.05, 0.1) is 9.50 Å². The van der Waals surface area contributed by atoms with Gasteiger partial charge in [-0.1, -0.05) is 11.6 Å². The Kier molecular flexibility index (Phi) is 4.81. The number of anilines is 1. The maximum atomic E-state index is 5.95. The highest BCUT2D eigenvalue weighted by Gasteiger charge is 2.26. The monoisotopic (exact) mass is 359 g/mol. The van der Waals surface area contributed by atoms with Crippen molar-refractivity contribution >= 4 is 33.3 Å². The first kappa shape index (κ1) is 14.6. The van der Waals surface area contributed by atoms with Gasteiger partial charge in [0.25, 0.3) is 0 Å². The smallest absolute Gasteiger partial charge is 0.143 e. The van der Waals surface area contributed by atoms with Crippen molar-refractivity contribution in [2.75, 3.05) is 44.3 Å². The van der Waals surface area contributed by atoms with E-state index in [-0.39, 0.29) is 0 Å². The van der Waals surface area contributed by atoms with Crippen molar-refractivity contribution in [3.63, 3.8) is 0 Å². The maximum Gasteiger partial charge on any atom is 0.143 e. The Balaban J connectivity index is 1.60. The molecule has 1 aromatic rings. The number of rotatable bonds is 2. The third-order valence-electron chi connectivity index (χ3n) is 4.11. The van der Waals surface area contributed by atoms with Crippen LogP contribution >= 0.6 is 27.5 Å². The van der Waals surface area contributed by atoms with E-state index in [1.54, 1.807) is 6.20 Å². The lowest BCUT2D eigenvalue weighted by atomic mass is 10.1. The van der Waals surface area contributed by atoms with Crippen LogP contribution in [0.2, 0.25) is 5.02 Å². The summed E-state index contributed by atoms with van der Waals surface area (Å²) in [7, 11) is 0. The minimum atomic E-state index is 0.668. The van der Waals surface area contributed by atoms with Crippen LogP contribution in [0.5, 0.6) is 0 Å². The van der Waals surface area contributed by atoms with Crippen molar-refractivity contribution in [3.8, 4) is 0 Å². The van der Waals surface area contributed by atoms with E-state index in [0.29, 0.717) is 11.1 Å². The number of halogens is 2. The lowest BCUT2D eigenvalue weighted by Crippen LogP contribution is -2.51. The molecule has 0 atom stereocenters. The average molecular weight is 361 g/mol. The molecule has 2 fully saturated rings. The highest BCUT2D eigenvalue weighted by molar-refractivity contribution is 9.10. The van der Waals surface area contributed by atoms with Crippen molar-refractivity contribution in [3.05, 3.63) is 21.8 Å². The topological polar surface area (TPSA) is 28.6 Å². The second-order valence-corrected chi connectivity index (χ2v) is 6.62. The molecular formula is C14H19BrClN3O. The number of nitrogens with zero attached hydrogens (tertiary/aromatic N) is 3. The lowest BCUT2D eigenvalue weighted by molar-refractivity contribution is 0.0321. The SMILES string of the molecule is Clc1cnc(N2CCN(C3CCOCC3)CC2)c(Br)c1. The molecule has 0 amide bonds. The van der Waals surface area contributed by atoms with Gasteiger partial charge < -0.3 is 9.64 Å². The molecule has 0 aromatic carbocycles. The van der Waals surface area contributed by atoms with Gasteiger partial charge in [0.2, 0.25) is 0 Å². The van der Waals surface area contributed by atoms with Gasteiger partial charge in [0.1, 0.15) is 5.82 Å². The quantitative estimate of drug-likeness (QED) is 0.811. The lowest BCUT2D eigenvalue weighted by Gasteiger charge is -2.41. The molecule has 0 spiro atoms. The summed E-state index contributed by atoms with van der Waals surface area (Å²) in [5, 5.41) is 0.668.